The summed E-state index contributed by atoms with van der Waals surface area (Å²) >= 11 is 0. The highest BCUT2D eigenvalue weighted by Gasteiger charge is 2.38. The summed E-state index contributed by atoms with van der Waals surface area (Å²) in [6.45, 7) is 1.70. The Morgan fingerprint density at radius 1 is 1.42 bits per heavy atom. The van der Waals surface area contributed by atoms with Crippen molar-refractivity contribution < 1.29 is 27.6 Å². The van der Waals surface area contributed by atoms with Gasteiger partial charge in [-0.25, -0.2) is 0 Å². The van der Waals surface area contributed by atoms with Gasteiger partial charge in [-0.2, -0.15) is 13.2 Å². The number of hydrogen-bond acceptors (Lipinski definition) is 4. The smallest absolute Gasteiger partial charge is 0.422 e. The van der Waals surface area contributed by atoms with Crippen LogP contribution in [0.3, 0.4) is 0 Å². The summed E-state index contributed by atoms with van der Waals surface area (Å²) in [5.74, 6) is -0.656. The van der Waals surface area contributed by atoms with Crippen LogP contribution in [0, 0.1) is 10.1 Å². The number of carbonyl (C=O) groups excluding carboxylic acids is 1. The van der Waals surface area contributed by atoms with Crippen molar-refractivity contribution in [2.45, 2.75) is 19.5 Å². The number of carbonyl (C=O) groups is 1. The third kappa shape index (κ3) is 3.94. The van der Waals surface area contributed by atoms with Crippen LogP contribution in [-0.2, 0) is 22.1 Å². The summed E-state index contributed by atoms with van der Waals surface area (Å²) in [4.78, 5) is 20.7. The Hall–Kier alpha value is -2.12. The molecule has 0 aliphatic heterocycles. The second-order valence-electron chi connectivity index (χ2n) is 3.59. The molecular formula is C11H10F3NO4. The predicted octanol–water partition coefficient (Wildman–Crippen LogP) is 2.72. The van der Waals surface area contributed by atoms with Gasteiger partial charge in [0.2, 0.25) is 0 Å². The normalized spacial score (nSPS) is 11.2. The van der Waals surface area contributed by atoms with Gasteiger partial charge in [-0.15, -0.1) is 0 Å². The molecular weight excluding hydrogens is 267 g/mol. The van der Waals surface area contributed by atoms with Gasteiger partial charge in [0.05, 0.1) is 18.0 Å². The Kier molecular flexibility index (Phi) is 4.47. The number of nitro groups is 1. The van der Waals surface area contributed by atoms with Crippen molar-refractivity contribution in [1.82, 2.24) is 0 Å². The topological polar surface area (TPSA) is 69.4 Å². The summed E-state index contributed by atoms with van der Waals surface area (Å²) in [6, 6.07) is 2.35. The van der Waals surface area contributed by atoms with Crippen LogP contribution in [0.2, 0.25) is 0 Å². The Bertz CT molecular complexity index is 499. The molecule has 1 rings (SSSR count). The molecule has 0 fully saturated rings. The summed E-state index contributed by atoms with van der Waals surface area (Å²) in [6.07, 6.45) is -5.13. The fourth-order valence-corrected chi connectivity index (χ4v) is 1.46. The van der Waals surface area contributed by atoms with E-state index in [1.54, 1.807) is 6.92 Å². The van der Waals surface area contributed by atoms with Crippen molar-refractivity contribution in [3.8, 4) is 0 Å². The maximum absolute atomic E-state index is 12.5. The van der Waals surface area contributed by atoms with Crippen LogP contribution in [0.4, 0.5) is 18.9 Å². The fourth-order valence-electron chi connectivity index (χ4n) is 1.46. The van der Waals surface area contributed by atoms with E-state index < -0.39 is 28.3 Å². The average Bonchev–Trinajstić information content (AvgIpc) is 2.27. The van der Waals surface area contributed by atoms with Crippen LogP contribution >= 0.6 is 0 Å². The minimum absolute atomic E-state index is 0.0955. The number of ether oxygens (including phenoxy) is 1. The van der Waals surface area contributed by atoms with E-state index in [0.29, 0.717) is 6.07 Å². The number of alkyl halides is 3. The predicted molar refractivity (Wildman–Crippen MR) is 58.4 cm³/mol. The van der Waals surface area contributed by atoms with Crippen molar-refractivity contribution in [3.05, 3.63) is 39.4 Å². The quantitative estimate of drug-likeness (QED) is 0.482. The third-order valence-electron chi connectivity index (χ3n) is 2.22. The van der Waals surface area contributed by atoms with E-state index in [4.69, 9.17) is 0 Å². The lowest BCUT2D eigenvalue weighted by Crippen LogP contribution is -2.11. The Balaban J connectivity index is 3.10. The zero-order valence-electron chi connectivity index (χ0n) is 9.86. The summed E-state index contributed by atoms with van der Waals surface area (Å²) < 4.78 is 42.2. The minimum Gasteiger partial charge on any atom is -0.466 e. The number of esters is 1. The van der Waals surface area contributed by atoms with Crippen LogP contribution < -0.4 is 0 Å². The number of hydrogen-bond donors (Lipinski definition) is 0. The molecule has 1 aromatic carbocycles. The first-order valence-corrected chi connectivity index (χ1v) is 5.25. The van der Waals surface area contributed by atoms with Crippen LogP contribution in [0.15, 0.2) is 18.2 Å². The summed E-state index contributed by atoms with van der Waals surface area (Å²) in [5, 5.41) is 10.6. The molecule has 8 heteroatoms. The molecule has 0 saturated heterocycles. The molecule has 19 heavy (non-hydrogen) atoms. The molecule has 0 bridgehead atoms. The highest BCUT2D eigenvalue weighted by atomic mass is 19.4. The lowest BCUT2D eigenvalue weighted by atomic mass is 10.1. The number of nitro benzene ring substituents is 1. The molecule has 0 saturated carbocycles. The molecule has 0 unspecified atom stereocenters. The Labute approximate surface area is 106 Å². The number of benzene rings is 1. The number of halogens is 3. The number of rotatable bonds is 4. The SMILES string of the molecule is CCOC(=O)Cc1ccc(C(F)(F)F)c([N+](=O)[O-])c1. The van der Waals surface area contributed by atoms with Crippen LogP contribution in [-0.4, -0.2) is 17.5 Å². The lowest BCUT2D eigenvalue weighted by Gasteiger charge is -2.08. The number of nitrogens with zero attached hydrogens (tertiary/aromatic N) is 1. The first kappa shape index (κ1) is 14.9. The van der Waals surface area contributed by atoms with Crippen molar-refractivity contribution in [2.24, 2.45) is 0 Å². The van der Waals surface area contributed by atoms with Gasteiger partial charge in [0.15, 0.2) is 0 Å². The minimum atomic E-state index is -4.81. The standard InChI is InChI=1S/C11H10F3NO4/c1-2-19-10(16)6-7-3-4-8(11(12,13)14)9(5-7)15(17)18/h3-5H,2,6H2,1H3. The molecule has 0 amide bonds. The van der Waals surface area contributed by atoms with Crippen LogP contribution in [0.25, 0.3) is 0 Å². The summed E-state index contributed by atoms with van der Waals surface area (Å²) in [5.41, 5.74) is -2.32. The molecule has 0 aliphatic rings. The first-order valence-electron chi connectivity index (χ1n) is 5.25. The lowest BCUT2D eigenvalue weighted by molar-refractivity contribution is -0.388. The molecule has 0 radical (unpaired) electrons. The highest BCUT2D eigenvalue weighted by Crippen LogP contribution is 2.36. The first-order chi connectivity index (χ1) is 8.75. The molecule has 0 atom stereocenters. The average molecular weight is 277 g/mol. The molecule has 0 spiro atoms. The van der Waals surface area contributed by atoms with E-state index in [0.717, 1.165) is 12.1 Å². The van der Waals surface area contributed by atoms with Crippen LogP contribution in [0.1, 0.15) is 18.1 Å². The zero-order valence-corrected chi connectivity index (χ0v) is 9.86. The van der Waals surface area contributed by atoms with Crippen molar-refractivity contribution >= 4 is 11.7 Å². The second-order valence-corrected chi connectivity index (χ2v) is 3.59. The second kappa shape index (κ2) is 5.68. The molecule has 1 aromatic rings. The van der Waals surface area contributed by atoms with Gasteiger partial charge in [-0.05, 0) is 18.6 Å². The molecule has 0 heterocycles. The Morgan fingerprint density at radius 2 is 2.05 bits per heavy atom. The Morgan fingerprint density at radius 3 is 2.53 bits per heavy atom. The highest BCUT2D eigenvalue weighted by molar-refractivity contribution is 5.73. The maximum Gasteiger partial charge on any atom is 0.422 e. The molecule has 5 nitrogen and oxygen atoms in total. The molecule has 0 aliphatic carbocycles. The third-order valence-corrected chi connectivity index (χ3v) is 2.22. The van der Waals surface area contributed by atoms with Gasteiger partial charge in [0, 0.05) is 6.07 Å². The van der Waals surface area contributed by atoms with E-state index >= 15 is 0 Å². The maximum atomic E-state index is 12.5. The van der Waals surface area contributed by atoms with Crippen molar-refractivity contribution in [1.29, 1.82) is 0 Å². The van der Waals surface area contributed by atoms with E-state index in [2.05, 4.69) is 4.74 Å². The molecule has 0 N–H and O–H groups in total. The van der Waals surface area contributed by atoms with Gasteiger partial charge in [0.25, 0.3) is 5.69 Å². The zero-order chi connectivity index (χ0) is 14.6. The fraction of sp³-hybridized carbons (Fsp3) is 0.364. The van der Waals surface area contributed by atoms with Gasteiger partial charge in [-0.3, -0.25) is 14.9 Å². The van der Waals surface area contributed by atoms with E-state index in [-0.39, 0.29) is 18.6 Å². The van der Waals surface area contributed by atoms with Gasteiger partial charge in [0.1, 0.15) is 5.56 Å². The molecule has 104 valence electrons. The van der Waals surface area contributed by atoms with E-state index in [1.807, 2.05) is 0 Å². The van der Waals surface area contributed by atoms with Gasteiger partial charge >= 0.3 is 12.1 Å². The van der Waals surface area contributed by atoms with Crippen molar-refractivity contribution in [3.63, 3.8) is 0 Å². The van der Waals surface area contributed by atoms with Crippen LogP contribution in [0.5, 0.6) is 0 Å². The van der Waals surface area contributed by atoms with Gasteiger partial charge < -0.3 is 4.74 Å². The summed E-state index contributed by atoms with van der Waals surface area (Å²) in [7, 11) is 0. The monoisotopic (exact) mass is 277 g/mol. The largest absolute Gasteiger partial charge is 0.466 e. The van der Waals surface area contributed by atoms with Gasteiger partial charge in [-0.1, -0.05) is 6.07 Å². The molecule has 0 aromatic heterocycles. The van der Waals surface area contributed by atoms with Crippen molar-refractivity contribution in [2.75, 3.05) is 6.61 Å². The van der Waals surface area contributed by atoms with E-state index in [9.17, 15) is 28.1 Å². The van der Waals surface area contributed by atoms with E-state index in [1.165, 1.54) is 0 Å².